The second-order valence-electron chi connectivity index (χ2n) is 4.46. The van der Waals surface area contributed by atoms with Gasteiger partial charge in [-0.2, -0.15) is 5.10 Å². The molecule has 0 amide bonds. The molecule has 0 saturated heterocycles. The number of aromatic nitrogens is 2. The molecule has 0 bridgehead atoms. The van der Waals surface area contributed by atoms with Crippen LogP contribution in [0.25, 0.3) is 0 Å². The van der Waals surface area contributed by atoms with E-state index in [1.54, 1.807) is 4.68 Å². The number of nitrogens with zero attached hydrogens (tertiary/aromatic N) is 2. The first-order valence-corrected chi connectivity index (χ1v) is 5.53. The minimum absolute atomic E-state index is 0.0994. The average Bonchev–Trinajstić information content (AvgIpc) is 2.92. The fourth-order valence-corrected chi connectivity index (χ4v) is 1.49. The first kappa shape index (κ1) is 11.0. The molecule has 2 rings (SSSR count). The van der Waals surface area contributed by atoms with E-state index < -0.39 is 5.97 Å². The summed E-state index contributed by atoms with van der Waals surface area (Å²) in [6, 6.07) is 0.0994. The first-order valence-electron chi connectivity index (χ1n) is 5.53. The number of carboxylic acids is 1. The summed E-state index contributed by atoms with van der Waals surface area (Å²) in [5, 5.41) is 13.1. The van der Waals surface area contributed by atoms with Gasteiger partial charge >= 0.3 is 5.97 Å². The van der Waals surface area contributed by atoms with Crippen molar-refractivity contribution in [2.24, 2.45) is 5.92 Å². The van der Waals surface area contributed by atoms with Crippen LogP contribution in [0.5, 0.6) is 5.88 Å². The smallest absolute Gasteiger partial charge is 0.342 e. The third kappa shape index (κ3) is 2.18. The van der Waals surface area contributed by atoms with E-state index in [0.717, 1.165) is 0 Å². The van der Waals surface area contributed by atoms with Gasteiger partial charge in [-0.1, -0.05) is 0 Å². The maximum Gasteiger partial charge on any atom is 0.342 e. The minimum atomic E-state index is -0.988. The summed E-state index contributed by atoms with van der Waals surface area (Å²) in [6.07, 6.45) is 3.71. The molecule has 1 aliphatic carbocycles. The summed E-state index contributed by atoms with van der Waals surface area (Å²) in [4.78, 5) is 11.0. The van der Waals surface area contributed by atoms with Gasteiger partial charge in [-0.3, -0.25) is 0 Å². The molecule has 0 spiro atoms. The molecule has 1 fully saturated rings. The maximum absolute atomic E-state index is 11.0. The maximum atomic E-state index is 11.0. The van der Waals surface area contributed by atoms with E-state index in [-0.39, 0.29) is 11.6 Å². The van der Waals surface area contributed by atoms with Gasteiger partial charge in [0.2, 0.25) is 5.88 Å². The lowest BCUT2D eigenvalue weighted by Gasteiger charge is -2.12. The zero-order valence-corrected chi connectivity index (χ0v) is 9.51. The van der Waals surface area contributed by atoms with Crippen molar-refractivity contribution < 1.29 is 14.6 Å². The van der Waals surface area contributed by atoms with Crippen LogP contribution in [0.4, 0.5) is 0 Å². The average molecular weight is 224 g/mol. The van der Waals surface area contributed by atoms with Crippen molar-refractivity contribution in [2.45, 2.75) is 32.7 Å². The quantitative estimate of drug-likeness (QED) is 0.830. The van der Waals surface area contributed by atoms with E-state index in [4.69, 9.17) is 9.84 Å². The van der Waals surface area contributed by atoms with Crippen LogP contribution < -0.4 is 4.74 Å². The van der Waals surface area contributed by atoms with Crippen LogP contribution in [0.1, 0.15) is 43.1 Å². The van der Waals surface area contributed by atoms with Crippen molar-refractivity contribution in [1.82, 2.24) is 9.78 Å². The molecule has 1 heterocycles. The topological polar surface area (TPSA) is 64.4 Å². The molecule has 1 N–H and O–H groups in total. The van der Waals surface area contributed by atoms with Crippen molar-refractivity contribution in [1.29, 1.82) is 0 Å². The number of hydrogen-bond donors (Lipinski definition) is 1. The van der Waals surface area contributed by atoms with Crippen LogP contribution in [0.3, 0.4) is 0 Å². The van der Waals surface area contributed by atoms with Gasteiger partial charge in [0.25, 0.3) is 0 Å². The lowest BCUT2D eigenvalue weighted by atomic mass is 10.3. The van der Waals surface area contributed by atoms with Crippen molar-refractivity contribution in [3.05, 3.63) is 11.8 Å². The number of carbonyl (C=O) groups is 1. The van der Waals surface area contributed by atoms with Crippen LogP contribution in [0.2, 0.25) is 0 Å². The van der Waals surface area contributed by atoms with Gasteiger partial charge in [-0.25, -0.2) is 9.48 Å². The Bertz CT molecular complexity index is 394. The zero-order valence-electron chi connectivity index (χ0n) is 9.51. The summed E-state index contributed by atoms with van der Waals surface area (Å²) in [5.74, 6) is -0.00995. The summed E-state index contributed by atoms with van der Waals surface area (Å²) in [5.41, 5.74) is 0.148. The highest BCUT2D eigenvalue weighted by atomic mass is 16.5. The molecule has 0 atom stereocenters. The van der Waals surface area contributed by atoms with Crippen LogP contribution in [-0.4, -0.2) is 27.5 Å². The predicted molar refractivity (Wildman–Crippen MR) is 57.8 cm³/mol. The molecule has 1 aromatic rings. The Balaban J connectivity index is 2.20. The van der Waals surface area contributed by atoms with Crippen LogP contribution >= 0.6 is 0 Å². The lowest BCUT2D eigenvalue weighted by molar-refractivity contribution is 0.0691. The summed E-state index contributed by atoms with van der Waals surface area (Å²) >= 11 is 0. The molecular formula is C11H16N2O3. The molecule has 88 valence electrons. The monoisotopic (exact) mass is 224 g/mol. The van der Waals surface area contributed by atoms with Crippen molar-refractivity contribution >= 4 is 5.97 Å². The number of aromatic carboxylic acids is 1. The van der Waals surface area contributed by atoms with Crippen LogP contribution in [-0.2, 0) is 0 Å². The van der Waals surface area contributed by atoms with Gasteiger partial charge in [-0.15, -0.1) is 0 Å². The van der Waals surface area contributed by atoms with E-state index in [1.165, 1.54) is 19.0 Å². The highest BCUT2D eigenvalue weighted by molar-refractivity contribution is 5.89. The normalized spacial score (nSPS) is 15.4. The fraction of sp³-hybridized carbons (Fsp3) is 0.636. The SMILES string of the molecule is CC(C)n1ncc(C(=O)O)c1OCC1CC1. The number of hydrogen-bond acceptors (Lipinski definition) is 3. The summed E-state index contributed by atoms with van der Waals surface area (Å²) < 4.78 is 7.19. The molecular weight excluding hydrogens is 208 g/mol. The van der Waals surface area contributed by atoms with Gasteiger partial charge in [0.1, 0.15) is 5.56 Å². The Labute approximate surface area is 94.0 Å². The second kappa shape index (κ2) is 4.15. The van der Waals surface area contributed by atoms with Gasteiger partial charge in [0.15, 0.2) is 0 Å². The first-order chi connectivity index (χ1) is 7.59. The predicted octanol–water partition coefficient (Wildman–Crippen LogP) is 1.95. The van der Waals surface area contributed by atoms with E-state index >= 15 is 0 Å². The highest BCUT2D eigenvalue weighted by Gasteiger charge is 2.25. The Morgan fingerprint density at radius 2 is 2.38 bits per heavy atom. The number of rotatable bonds is 5. The summed E-state index contributed by atoms with van der Waals surface area (Å²) in [6.45, 7) is 4.49. The molecule has 0 unspecified atom stereocenters. The Kier molecular flexibility index (Phi) is 2.85. The third-order valence-corrected chi connectivity index (χ3v) is 2.62. The Morgan fingerprint density at radius 1 is 1.69 bits per heavy atom. The number of carboxylic acid groups (broad SMARTS) is 1. The zero-order chi connectivity index (χ0) is 11.7. The van der Waals surface area contributed by atoms with Crippen molar-refractivity contribution in [2.75, 3.05) is 6.61 Å². The van der Waals surface area contributed by atoms with Crippen LogP contribution in [0.15, 0.2) is 6.20 Å². The molecule has 0 radical (unpaired) electrons. The molecule has 0 aliphatic heterocycles. The minimum Gasteiger partial charge on any atom is -0.477 e. The molecule has 1 aromatic heterocycles. The Morgan fingerprint density at radius 3 is 2.88 bits per heavy atom. The molecule has 5 nitrogen and oxygen atoms in total. The second-order valence-corrected chi connectivity index (χ2v) is 4.46. The lowest BCUT2D eigenvalue weighted by Crippen LogP contribution is -2.11. The van der Waals surface area contributed by atoms with E-state index in [9.17, 15) is 4.79 Å². The Hall–Kier alpha value is -1.52. The third-order valence-electron chi connectivity index (χ3n) is 2.62. The van der Waals surface area contributed by atoms with Crippen molar-refractivity contribution in [3.8, 4) is 5.88 Å². The van der Waals surface area contributed by atoms with Gasteiger partial charge in [-0.05, 0) is 32.6 Å². The molecule has 1 aliphatic rings. The molecule has 5 heteroatoms. The van der Waals surface area contributed by atoms with Gasteiger partial charge in [0.05, 0.1) is 18.8 Å². The fourth-order valence-electron chi connectivity index (χ4n) is 1.49. The molecule has 0 aromatic carbocycles. The molecule has 16 heavy (non-hydrogen) atoms. The van der Waals surface area contributed by atoms with Gasteiger partial charge in [0, 0.05) is 0 Å². The van der Waals surface area contributed by atoms with Gasteiger partial charge < -0.3 is 9.84 Å². The molecule has 1 saturated carbocycles. The number of ether oxygens (including phenoxy) is 1. The summed E-state index contributed by atoms with van der Waals surface area (Å²) in [7, 11) is 0. The van der Waals surface area contributed by atoms with E-state index in [0.29, 0.717) is 18.4 Å². The van der Waals surface area contributed by atoms with Crippen molar-refractivity contribution in [3.63, 3.8) is 0 Å². The van der Waals surface area contributed by atoms with E-state index in [1.807, 2.05) is 13.8 Å². The van der Waals surface area contributed by atoms with Crippen LogP contribution in [0, 0.1) is 5.92 Å². The van der Waals surface area contributed by atoms with E-state index in [2.05, 4.69) is 5.10 Å². The highest BCUT2D eigenvalue weighted by Crippen LogP contribution is 2.31. The standard InChI is InChI=1S/C11H16N2O3/c1-7(2)13-10(16-6-8-3-4-8)9(5-12-13)11(14)15/h5,7-8H,3-4,6H2,1-2H3,(H,14,15). The largest absolute Gasteiger partial charge is 0.477 e.